The molecule has 7 heteroatoms. The number of piperazine rings is 1. The van der Waals surface area contributed by atoms with E-state index in [2.05, 4.69) is 4.90 Å². The van der Waals surface area contributed by atoms with Gasteiger partial charge in [-0.3, -0.25) is 9.69 Å². The van der Waals surface area contributed by atoms with Crippen LogP contribution in [-0.4, -0.2) is 35.6 Å². The minimum absolute atomic E-state index is 0.0416. The van der Waals surface area contributed by atoms with Gasteiger partial charge in [-0.25, -0.2) is 0 Å². The Balaban J connectivity index is 1.62. The minimum Gasteiger partial charge on any atom is -0.369 e. The maximum Gasteiger partial charge on any atom is 0.416 e. The SMILES string of the molecule is Cn1ccc(CN2CCN(c3cccc(C(F)(F)F)c3)CC2)cc1=O. The molecule has 0 aliphatic carbocycles. The standard InChI is InChI=1S/C18H20F3N3O/c1-22-6-5-14(11-17(22)25)13-23-7-9-24(10-8-23)16-4-2-3-15(12-16)18(19,20)21/h2-6,11-12H,7-10,13H2,1H3. The molecule has 1 fully saturated rings. The molecule has 2 aromatic rings. The quantitative estimate of drug-likeness (QED) is 0.851. The number of alkyl halides is 3. The number of halogens is 3. The third-order valence-electron chi connectivity index (χ3n) is 4.49. The van der Waals surface area contributed by atoms with Crippen LogP contribution in [0, 0.1) is 0 Å². The summed E-state index contributed by atoms with van der Waals surface area (Å²) in [6.07, 6.45) is -2.58. The maximum absolute atomic E-state index is 12.8. The Bertz CT molecular complexity index is 793. The van der Waals surface area contributed by atoms with Crippen molar-refractivity contribution >= 4 is 5.69 Å². The lowest BCUT2D eigenvalue weighted by molar-refractivity contribution is -0.137. The number of rotatable bonds is 3. The molecule has 0 saturated carbocycles. The van der Waals surface area contributed by atoms with Gasteiger partial charge in [-0.2, -0.15) is 13.2 Å². The zero-order valence-corrected chi connectivity index (χ0v) is 14.0. The van der Waals surface area contributed by atoms with Crippen LogP contribution in [-0.2, 0) is 19.8 Å². The van der Waals surface area contributed by atoms with Crippen molar-refractivity contribution in [2.75, 3.05) is 31.1 Å². The molecule has 1 aromatic heterocycles. The third kappa shape index (κ3) is 4.22. The molecule has 1 aromatic carbocycles. The van der Waals surface area contributed by atoms with Crippen molar-refractivity contribution in [2.45, 2.75) is 12.7 Å². The Labute approximate surface area is 144 Å². The van der Waals surface area contributed by atoms with Crippen molar-refractivity contribution in [3.63, 3.8) is 0 Å². The Morgan fingerprint density at radius 1 is 1.04 bits per heavy atom. The number of hydrogen-bond donors (Lipinski definition) is 0. The van der Waals surface area contributed by atoms with Gasteiger partial charge < -0.3 is 9.47 Å². The lowest BCUT2D eigenvalue weighted by Crippen LogP contribution is -2.46. The molecule has 0 bridgehead atoms. The van der Waals surface area contributed by atoms with E-state index in [0.717, 1.165) is 24.7 Å². The molecule has 1 aliphatic rings. The molecule has 0 amide bonds. The Kier molecular flexibility index (Phi) is 4.85. The second-order valence-corrected chi connectivity index (χ2v) is 6.30. The molecule has 0 N–H and O–H groups in total. The molecule has 3 rings (SSSR count). The fraction of sp³-hybridized carbons (Fsp3) is 0.389. The highest BCUT2D eigenvalue weighted by molar-refractivity contribution is 5.49. The number of nitrogens with zero attached hydrogens (tertiary/aromatic N) is 3. The van der Waals surface area contributed by atoms with E-state index in [4.69, 9.17) is 0 Å². The van der Waals surface area contributed by atoms with Crippen molar-refractivity contribution < 1.29 is 13.2 Å². The molecule has 0 unspecified atom stereocenters. The van der Waals surface area contributed by atoms with E-state index in [1.54, 1.807) is 25.4 Å². The number of aryl methyl sites for hydroxylation is 1. The highest BCUT2D eigenvalue weighted by atomic mass is 19.4. The van der Waals surface area contributed by atoms with Crippen molar-refractivity contribution in [3.8, 4) is 0 Å². The summed E-state index contributed by atoms with van der Waals surface area (Å²) in [7, 11) is 1.71. The second kappa shape index (κ2) is 6.92. The second-order valence-electron chi connectivity index (χ2n) is 6.30. The van der Waals surface area contributed by atoms with E-state index in [-0.39, 0.29) is 5.56 Å². The monoisotopic (exact) mass is 351 g/mol. The zero-order valence-electron chi connectivity index (χ0n) is 14.0. The molecule has 25 heavy (non-hydrogen) atoms. The summed E-state index contributed by atoms with van der Waals surface area (Å²) in [5, 5.41) is 0. The Morgan fingerprint density at radius 3 is 2.40 bits per heavy atom. The topological polar surface area (TPSA) is 28.5 Å². The smallest absolute Gasteiger partial charge is 0.369 e. The summed E-state index contributed by atoms with van der Waals surface area (Å²) in [6, 6.07) is 9.00. The van der Waals surface area contributed by atoms with Gasteiger partial charge in [0, 0.05) is 57.7 Å². The summed E-state index contributed by atoms with van der Waals surface area (Å²) in [6.45, 7) is 3.47. The Hall–Kier alpha value is -2.28. The first-order valence-electron chi connectivity index (χ1n) is 8.13. The molecular formula is C18H20F3N3O. The van der Waals surface area contributed by atoms with Gasteiger partial charge in [0.2, 0.25) is 0 Å². The fourth-order valence-corrected chi connectivity index (χ4v) is 2.99. The minimum atomic E-state index is -4.32. The number of hydrogen-bond acceptors (Lipinski definition) is 3. The Morgan fingerprint density at radius 2 is 1.76 bits per heavy atom. The van der Waals surface area contributed by atoms with Crippen LogP contribution in [0.5, 0.6) is 0 Å². The normalized spacial score (nSPS) is 16.2. The molecule has 0 atom stereocenters. The molecule has 0 radical (unpaired) electrons. The predicted octanol–water partition coefficient (Wildman–Crippen LogP) is 2.73. The van der Waals surface area contributed by atoms with Gasteiger partial charge in [0.05, 0.1) is 5.56 Å². The van der Waals surface area contributed by atoms with Crippen LogP contribution >= 0.6 is 0 Å². The van der Waals surface area contributed by atoms with E-state index in [1.165, 1.54) is 16.7 Å². The highest BCUT2D eigenvalue weighted by Crippen LogP contribution is 2.31. The highest BCUT2D eigenvalue weighted by Gasteiger charge is 2.31. The van der Waals surface area contributed by atoms with Crippen LogP contribution in [0.1, 0.15) is 11.1 Å². The van der Waals surface area contributed by atoms with Crippen LogP contribution in [0.2, 0.25) is 0 Å². The lowest BCUT2D eigenvalue weighted by atomic mass is 10.1. The van der Waals surface area contributed by atoms with E-state index < -0.39 is 11.7 Å². The van der Waals surface area contributed by atoms with Gasteiger partial charge >= 0.3 is 6.18 Å². The molecule has 0 spiro atoms. The van der Waals surface area contributed by atoms with Gasteiger partial charge in [0.1, 0.15) is 0 Å². The van der Waals surface area contributed by atoms with Crippen LogP contribution in [0.4, 0.5) is 18.9 Å². The summed E-state index contributed by atoms with van der Waals surface area (Å²) in [5.74, 6) is 0. The van der Waals surface area contributed by atoms with Crippen molar-refractivity contribution in [1.82, 2.24) is 9.47 Å². The van der Waals surface area contributed by atoms with E-state index in [1.807, 2.05) is 11.0 Å². The van der Waals surface area contributed by atoms with Gasteiger partial charge in [-0.1, -0.05) is 6.07 Å². The van der Waals surface area contributed by atoms with Crippen molar-refractivity contribution in [1.29, 1.82) is 0 Å². The summed E-state index contributed by atoms with van der Waals surface area (Å²) < 4.78 is 40.1. The van der Waals surface area contributed by atoms with Gasteiger partial charge in [-0.15, -0.1) is 0 Å². The first-order chi connectivity index (χ1) is 11.8. The van der Waals surface area contributed by atoms with Crippen molar-refractivity contribution in [2.24, 2.45) is 7.05 Å². The van der Waals surface area contributed by atoms with E-state index >= 15 is 0 Å². The van der Waals surface area contributed by atoms with E-state index in [9.17, 15) is 18.0 Å². The fourth-order valence-electron chi connectivity index (χ4n) is 2.99. The molecular weight excluding hydrogens is 331 g/mol. The van der Waals surface area contributed by atoms with E-state index in [0.29, 0.717) is 25.3 Å². The summed E-state index contributed by atoms with van der Waals surface area (Å²) in [4.78, 5) is 15.9. The molecule has 134 valence electrons. The van der Waals surface area contributed by atoms with Crippen LogP contribution in [0.3, 0.4) is 0 Å². The average molecular weight is 351 g/mol. The lowest BCUT2D eigenvalue weighted by Gasteiger charge is -2.36. The first kappa shape index (κ1) is 17.5. The van der Waals surface area contributed by atoms with Crippen LogP contribution in [0.25, 0.3) is 0 Å². The predicted molar refractivity (Wildman–Crippen MR) is 90.6 cm³/mol. The number of anilines is 1. The first-order valence-corrected chi connectivity index (χ1v) is 8.13. The van der Waals surface area contributed by atoms with Crippen molar-refractivity contribution in [3.05, 3.63) is 64.1 Å². The van der Waals surface area contributed by atoms with Gasteiger partial charge in [0.15, 0.2) is 0 Å². The third-order valence-corrected chi connectivity index (χ3v) is 4.49. The summed E-state index contributed by atoms with van der Waals surface area (Å²) in [5.41, 5.74) is 0.895. The summed E-state index contributed by atoms with van der Waals surface area (Å²) >= 11 is 0. The van der Waals surface area contributed by atoms with Crippen LogP contribution < -0.4 is 10.5 Å². The number of aromatic nitrogens is 1. The molecule has 1 saturated heterocycles. The zero-order chi connectivity index (χ0) is 18.0. The largest absolute Gasteiger partial charge is 0.416 e. The molecule has 4 nitrogen and oxygen atoms in total. The van der Waals surface area contributed by atoms with Crippen LogP contribution in [0.15, 0.2) is 47.4 Å². The maximum atomic E-state index is 12.8. The number of benzene rings is 1. The van der Waals surface area contributed by atoms with Gasteiger partial charge in [0.25, 0.3) is 5.56 Å². The molecule has 2 heterocycles. The molecule has 1 aliphatic heterocycles. The number of pyridine rings is 1. The average Bonchev–Trinajstić information content (AvgIpc) is 2.58. The van der Waals surface area contributed by atoms with Gasteiger partial charge in [-0.05, 0) is 29.8 Å².